The van der Waals surface area contributed by atoms with Gasteiger partial charge in [0.2, 0.25) is 0 Å². The summed E-state index contributed by atoms with van der Waals surface area (Å²) in [5.74, 6) is 0.740. The van der Waals surface area contributed by atoms with E-state index >= 15 is 0 Å². The maximum atomic E-state index is 12.9. The topological polar surface area (TPSA) is 75.1 Å². The van der Waals surface area contributed by atoms with Crippen molar-refractivity contribution in [1.82, 2.24) is 10.6 Å². The molecule has 10 heteroatoms. The third-order valence-electron chi connectivity index (χ3n) is 4.49. The van der Waals surface area contributed by atoms with Crippen molar-refractivity contribution in [3.8, 4) is 5.75 Å². The zero-order valence-corrected chi connectivity index (χ0v) is 18.9. The summed E-state index contributed by atoms with van der Waals surface area (Å²) in [6.45, 7) is 6.24. The van der Waals surface area contributed by atoms with Crippen molar-refractivity contribution < 1.29 is 27.8 Å². The third-order valence-corrected chi connectivity index (χ3v) is 4.49. The highest BCUT2D eigenvalue weighted by atomic mass is 127. The van der Waals surface area contributed by atoms with Gasteiger partial charge in [-0.25, -0.2) is 0 Å². The van der Waals surface area contributed by atoms with E-state index < -0.39 is 11.7 Å². The van der Waals surface area contributed by atoms with Gasteiger partial charge in [-0.2, -0.15) is 13.2 Å². The molecule has 1 atom stereocenters. The van der Waals surface area contributed by atoms with Crippen LogP contribution < -0.4 is 15.4 Å². The largest absolute Gasteiger partial charge is 0.489 e. The number of aliphatic hydroxyl groups excluding tert-OH is 1. The molecule has 1 heterocycles. The first-order chi connectivity index (χ1) is 13.3. The van der Waals surface area contributed by atoms with Crippen LogP contribution in [-0.4, -0.2) is 56.6 Å². The molecule has 29 heavy (non-hydrogen) atoms. The van der Waals surface area contributed by atoms with Crippen molar-refractivity contribution in [2.45, 2.75) is 32.5 Å². The Morgan fingerprint density at radius 2 is 2.03 bits per heavy atom. The lowest BCUT2D eigenvalue weighted by molar-refractivity contribution is -0.137. The highest BCUT2D eigenvalue weighted by Crippen LogP contribution is 2.31. The van der Waals surface area contributed by atoms with E-state index in [1.807, 2.05) is 13.8 Å². The molecule has 0 aliphatic carbocycles. The number of nitrogens with zero attached hydrogens (tertiary/aromatic N) is 1. The van der Waals surface area contributed by atoms with E-state index in [0.717, 1.165) is 12.1 Å². The van der Waals surface area contributed by atoms with Crippen LogP contribution in [0, 0.1) is 5.41 Å². The van der Waals surface area contributed by atoms with Crippen molar-refractivity contribution in [2.75, 3.05) is 39.5 Å². The number of hydrogen-bond donors (Lipinski definition) is 3. The van der Waals surface area contributed by atoms with E-state index in [2.05, 4.69) is 15.6 Å². The number of guanidine groups is 1. The predicted molar refractivity (Wildman–Crippen MR) is 116 cm³/mol. The molecule has 2 rings (SSSR count). The normalized spacial score (nSPS) is 17.0. The van der Waals surface area contributed by atoms with Gasteiger partial charge >= 0.3 is 6.18 Å². The smallest absolute Gasteiger partial charge is 0.416 e. The molecule has 1 aliphatic heterocycles. The van der Waals surface area contributed by atoms with Crippen molar-refractivity contribution >= 4 is 29.9 Å². The van der Waals surface area contributed by atoms with Crippen molar-refractivity contribution in [1.29, 1.82) is 0 Å². The average molecular weight is 531 g/mol. The Morgan fingerprint density at radius 3 is 2.55 bits per heavy atom. The summed E-state index contributed by atoms with van der Waals surface area (Å²) in [6.07, 6.45) is -4.12. The molecular weight excluding hydrogens is 502 g/mol. The quantitative estimate of drug-likeness (QED) is 0.260. The van der Waals surface area contributed by atoms with E-state index in [-0.39, 0.29) is 47.9 Å². The van der Waals surface area contributed by atoms with Gasteiger partial charge in [0.1, 0.15) is 11.9 Å². The number of aliphatic hydroxyl groups is 1. The number of benzene rings is 1. The fraction of sp³-hybridized carbons (Fsp3) is 0.632. The van der Waals surface area contributed by atoms with E-state index in [1.165, 1.54) is 12.1 Å². The lowest BCUT2D eigenvalue weighted by atomic mass is 9.87. The van der Waals surface area contributed by atoms with Crippen LogP contribution in [0.3, 0.4) is 0 Å². The minimum Gasteiger partial charge on any atom is -0.489 e. The molecule has 0 aromatic heterocycles. The number of halogens is 4. The molecule has 1 aromatic carbocycles. The van der Waals surface area contributed by atoms with Gasteiger partial charge in [-0.05, 0) is 31.5 Å². The second kappa shape index (κ2) is 11.8. The van der Waals surface area contributed by atoms with Gasteiger partial charge in [0.25, 0.3) is 0 Å². The Hall–Kier alpha value is -1.27. The lowest BCUT2D eigenvalue weighted by Crippen LogP contribution is -2.49. The zero-order chi connectivity index (χ0) is 20.6. The second-order valence-electron chi connectivity index (χ2n) is 6.90. The first kappa shape index (κ1) is 25.8. The number of alkyl halides is 3. The van der Waals surface area contributed by atoms with Crippen molar-refractivity contribution in [2.24, 2.45) is 10.4 Å². The van der Waals surface area contributed by atoms with Crippen LogP contribution in [-0.2, 0) is 10.9 Å². The molecule has 0 saturated carbocycles. The standard InChI is InChI=1S/C19H28F3N3O3.HI/c1-3-15(28-16-7-5-6-14(8-16)19(20,21)22)9-24-17(23-4-2)25-10-18(11-26)12-27-13-18;/h5-8,15,26H,3-4,9-13H2,1-2H3,(H2,23,24,25);1H. The molecule has 166 valence electrons. The Labute approximate surface area is 186 Å². The maximum absolute atomic E-state index is 12.9. The van der Waals surface area contributed by atoms with Gasteiger partial charge in [-0.3, -0.25) is 4.99 Å². The maximum Gasteiger partial charge on any atom is 0.416 e. The highest BCUT2D eigenvalue weighted by molar-refractivity contribution is 14.0. The van der Waals surface area contributed by atoms with Crippen LogP contribution in [0.15, 0.2) is 29.3 Å². The van der Waals surface area contributed by atoms with Crippen LogP contribution >= 0.6 is 24.0 Å². The summed E-state index contributed by atoms with van der Waals surface area (Å²) in [5.41, 5.74) is -1.07. The zero-order valence-electron chi connectivity index (χ0n) is 16.6. The third kappa shape index (κ3) is 7.82. The van der Waals surface area contributed by atoms with Crippen molar-refractivity contribution in [3.63, 3.8) is 0 Å². The molecule has 0 bridgehead atoms. The molecule has 3 N–H and O–H groups in total. The molecule has 1 aromatic rings. The van der Waals surface area contributed by atoms with Crippen LogP contribution in [0.25, 0.3) is 0 Å². The average Bonchev–Trinajstić information content (AvgIpc) is 2.63. The van der Waals surface area contributed by atoms with E-state index in [0.29, 0.717) is 45.2 Å². The summed E-state index contributed by atoms with van der Waals surface area (Å²) in [4.78, 5) is 4.49. The number of ether oxygens (including phenoxy) is 2. The van der Waals surface area contributed by atoms with Gasteiger partial charge in [0.05, 0.1) is 43.9 Å². The summed E-state index contributed by atoms with van der Waals surface area (Å²) in [7, 11) is 0. The molecule has 1 fully saturated rings. The minimum atomic E-state index is -4.40. The molecule has 0 spiro atoms. The first-order valence-corrected chi connectivity index (χ1v) is 9.36. The molecule has 1 unspecified atom stereocenters. The van der Waals surface area contributed by atoms with Crippen LogP contribution in [0.4, 0.5) is 13.2 Å². The molecule has 1 saturated heterocycles. The summed E-state index contributed by atoms with van der Waals surface area (Å²) in [5, 5.41) is 15.8. The Balaban J connectivity index is 0.00000420. The fourth-order valence-corrected chi connectivity index (χ4v) is 2.63. The van der Waals surface area contributed by atoms with Crippen LogP contribution in [0.1, 0.15) is 25.8 Å². The molecular formula is C19H29F3IN3O3. The van der Waals surface area contributed by atoms with Gasteiger partial charge in [-0.15, -0.1) is 24.0 Å². The van der Waals surface area contributed by atoms with E-state index in [9.17, 15) is 18.3 Å². The highest BCUT2D eigenvalue weighted by Gasteiger charge is 2.38. The van der Waals surface area contributed by atoms with E-state index in [4.69, 9.17) is 9.47 Å². The van der Waals surface area contributed by atoms with Crippen molar-refractivity contribution in [3.05, 3.63) is 29.8 Å². The van der Waals surface area contributed by atoms with Gasteiger partial charge in [0.15, 0.2) is 5.96 Å². The monoisotopic (exact) mass is 531 g/mol. The SMILES string of the molecule is CCNC(=NCC1(CO)COC1)NCC(CC)Oc1cccc(C(F)(F)F)c1.I. The van der Waals surface area contributed by atoms with E-state index in [1.54, 1.807) is 0 Å². The molecule has 0 amide bonds. The number of aliphatic imine (C=N–C) groups is 1. The first-order valence-electron chi connectivity index (χ1n) is 9.36. The van der Waals surface area contributed by atoms with Gasteiger partial charge in [-0.1, -0.05) is 13.0 Å². The van der Waals surface area contributed by atoms with Crippen LogP contribution in [0.5, 0.6) is 5.75 Å². The molecule has 6 nitrogen and oxygen atoms in total. The Kier molecular flexibility index (Phi) is 10.5. The number of hydrogen-bond acceptors (Lipinski definition) is 4. The fourth-order valence-electron chi connectivity index (χ4n) is 2.63. The molecule has 0 radical (unpaired) electrons. The van der Waals surface area contributed by atoms with Gasteiger partial charge in [0, 0.05) is 6.54 Å². The number of nitrogens with one attached hydrogen (secondary N) is 2. The predicted octanol–water partition coefficient (Wildman–Crippen LogP) is 3.04. The minimum absolute atomic E-state index is 0. The lowest BCUT2D eigenvalue weighted by Gasteiger charge is -2.38. The Bertz CT molecular complexity index is 650. The van der Waals surface area contributed by atoms with Gasteiger partial charge < -0.3 is 25.2 Å². The summed E-state index contributed by atoms with van der Waals surface area (Å²) in [6, 6.07) is 4.87. The Morgan fingerprint density at radius 1 is 1.31 bits per heavy atom. The number of rotatable bonds is 9. The summed E-state index contributed by atoms with van der Waals surface area (Å²) >= 11 is 0. The summed E-state index contributed by atoms with van der Waals surface area (Å²) < 4.78 is 49.4. The molecule has 1 aliphatic rings. The second-order valence-corrected chi connectivity index (χ2v) is 6.90. The van der Waals surface area contributed by atoms with Crippen LogP contribution in [0.2, 0.25) is 0 Å².